The molecule has 1 rings (SSSR count). The van der Waals surface area contributed by atoms with E-state index in [4.69, 9.17) is 27.9 Å². The van der Waals surface area contributed by atoms with Crippen molar-refractivity contribution in [1.82, 2.24) is 0 Å². The van der Waals surface area contributed by atoms with Gasteiger partial charge in [-0.05, 0) is 30.5 Å². The Morgan fingerprint density at radius 3 is 2.33 bits per heavy atom. The fourth-order valence-corrected chi connectivity index (χ4v) is 2.71. The molecule has 0 bridgehead atoms. The minimum atomic E-state index is -0.587. The number of benzene rings is 1. The minimum absolute atomic E-state index is 0.464. The summed E-state index contributed by atoms with van der Waals surface area (Å²) in [6.07, 6.45) is 1.39. The zero-order valence-electron chi connectivity index (χ0n) is 11.0. The van der Waals surface area contributed by atoms with Crippen molar-refractivity contribution in [3.05, 3.63) is 33.8 Å². The predicted octanol–water partition coefficient (Wildman–Crippen LogP) is 4.10. The summed E-state index contributed by atoms with van der Waals surface area (Å²) >= 11 is 12.0. The lowest BCUT2D eigenvalue weighted by Crippen LogP contribution is -2.44. The van der Waals surface area contributed by atoms with E-state index in [2.05, 4.69) is 0 Å². The molecule has 1 N–H and O–H groups in total. The van der Waals surface area contributed by atoms with Crippen molar-refractivity contribution in [2.24, 2.45) is 0 Å². The molecule has 1 atom stereocenters. The minimum Gasteiger partial charge on any atom is -0.390 e. The summed E-state index contributed by atoms with van der Waals surface area (Å²) in [6.45, 7) is 4.03. The first kappa shape index (κ1) is 15.8. The van der Waals surface area contributed by atoms with Crippen LogP contribution in [0.15, 0.2) is 18.2 Å². The molecule has 0 spiro atoms. The highest BCUT2D eigenvalue weighted by atomic mass is 35.5. The summed E-state index contributed by atoms with van der Waals surface area (Å²) < 4.78 is 5.51. The lowest BCUT2D eigenvalue weighted by molar-refractivity contribution is -0.106. The van der Waals surface area contributed by atoms with Gasteiger partial charge in [-0.3, -0.25) is 0 Å². The Bertz CT molecular complexity index is 381. The van der Waals surface area contributed by atoms with Crippen LogP contribution in [0.5, 0.6) is 0 Å². The van der Waals surface area contributed by atoms with Crippen molar-refractivity contribution < 1.29 is 9.84 Å². The molecule has 1 unspecified atom stereocenters. The molecule has 0 aromatic heterocycles. The van der Waals surface area contributed by atoms with Crippen molar-refractivity contribution >= 4 is 23.2 Å². The predicted molar refractivity (Wildman–Crippen MR) is 76.5 cm³/mol. The molecule has 4 heteroatoms. The van der Waals surface area contributed by atoms with E-state index >= 15 is 0 Å². The van der Waals surface area contributed by atoms with Crippen LogP contribution in [-0.4, -0.2) is 23.9 Å². The number of ether oxygens (including phenoxy) is 1. The quantitative estimate of drug-likeness (QED) is 0.855. The third-order valence-electron chi connectivity index (χ3n) is 3.64. The topological polar surface area (TPSA) is 29.5 Å². The maximum Gasteiger partial charge on any atom is 0.0934 e. The average molecular weight is 291 g/mol. The molecule has 2 nitrogen and oxygen atoms in total. The van der Waals surface area contributed by atoms with E-state index < -0.39 is 11.7 Å². The van der Waals surface area contributed by atoms with Gasteiger partial charge in [0.2, 0.25) is 0 Å². The van der Waals surface area contributed by atoms with E-state index in [9.17, 15) is 5.11 Å². The maximum absolute atomic E-state index is 10.4. The van der Waals surface area contributed by atoms with Gasteiger partial charge in [0.25, 0.3) is 0 Å². The molecule has 0 radical (unpaired) electrons. The summed E-state index contributed by atoms with van der Waals surface area (Å²) in [5.74, 6) is 0. The molecular formula is C14H20Cl2O2. The second kappa shape index (κ2) is 6.76. The van der Waals surface area contributed by atoms with Gasteiger partial charge in [0.1, 0.15) is 0 Å². The van der Waals surface area contributed by atoms with Crippen LogP contribution in [0.25, 0.3) is 0 Å². The lowest BCUT2D eigenvalue weighted by Gasteiger charge is -2.35. The molecule has 102 valence electrons. The van der Waals surface area contributed by atoms with Crippen LogP contribution in [-0.2, 0) is 11.2 Å². The van der Waals surface area contributed by atoms with Crippen LogP contribution < -0.4 is 0 Å². The van der Waals surface area contributed by atoms with Crippen LogP contribution in [0.1, 0.15) is 32.3 Å². The number of hydrogen-bond acceptors (Lipinski definition) is 2. The smallest absolute Gasteiger partial charge is 0.0934 e. The Kier molecular flexibility index (Phi) is 5.93. The number of hydrogen-bond donors (Lipinski definition) is 1. The normalized spacial score (nSPS) is 13.7. The van der Waals surface area contributed by atoms with E-state index in [0.717, 1.165) is 18.4 Å². The summed E-state index contributed by atoms with van der Waals surface area (Å²) in [5.41, 5.74) is 0.375. The van der Waals surface area contributed by atoms with E-state index in [-0.39, 0.29) is 0 Å². The van der Waals surface area contributed by atoms with E-state index in [0.29, 0.717) is 16.5 Å². The van der Waals surface area contributed by atoms with E-state index in [1.807, 2.05) is 19.9 Å². The van der Waals surface area contributed by atoms with Crippen molar-refractivity contribution in [3.8, 4) is 0 Å². The maximum atomic E-state index is 10.4. The molecule has 0 aliphatic rings. The van der Waals surface area contributed by atoms with Gasteiger partial charge in [0.15, 0.2) is 0 Å². The Morgan fingerprint density at radius 2 is 1.89 bits per heavy atom. The largest absolute Gasteiger partial charge is 0.390 e. The number of aliphatic hydroxyl groups is 1. The van der Waals surface area contributed by atoms with Crippen molar-refractivity contribution in [2.45, 2.75) is 44.8 Å². The zero-order valence-corrected chi connectivity index (χ0v) is 12.6. The molecule has 0 saturated heterocycles. The van der Waals surface area contributed by atoms with Crippen molar-refractivity contribution in [3.63, 3.8) is 0 Å². The van der Waals surface area contributed by atoms with Gasteiger partial charge in [0, 0.05) is 23.6 Å². The highest BCUT2D eigenvalue weighted by Crippen LogP contribution is 2.29. The molecule has 0 aliphatic carbocycles. The number of rotatable bonds is 6. The number of aliphatic hydroxyl groups excluding tert-OH is 1. The van der Waals surface area contributed by atoms with Crippen LogP contribution in [0, 0.1) is 0 Å². The van der Waals surface area contributed by atoms with E-state index in [1.54, 1.807) is 19.2 Å². The Balaban J connectivity index is 2.89. The van der Waals surface area contributed by atoms with Gasteiger partial charge in [-0.15, -0.1) is 0 Å². The Labute approximate surface area is 119 Å². The summed E-state index contributed by atoms with van der Waals surface area (Å²) in [5, 5.41) is 11.6. The SMILES string of the molecule is CCC(CC)(OC)C(O)Cc1ccc(Cl)cc1Cl. The fourth-order valence-electron chi connectivity index (χ4n) is 2.23. The Morgan fingerprint density at radius 1 is 1.28 bits per heavy atom. The summed E-state index contributed by atoms with van der Waals surface area (Å²) in [4.78, 5) is 0. The first-order valence-electron chi connectivity index (χ1n) is 6.16. The van der Waals surface area contributed by atoms with Gasteiger partial charge in [-0.2, -0.15) is 0 Å². The highest BCUT2D eigenvalue weighted by molar-refractivity contribution is 6.35. The summed E-state index contributed by atoms with van der Waals surface area (Å²) in [6, 6.07) is 5.32. The first-order chi connectivity index (χ1) is 8.49. The summed E-state index contributed by atoms with van der Waals surface area (Å²) in [7, 11) is 1.64. The molecule has 0 heterocycles. The first-order valence-corrected chi connectivity index (χ1v) is 6.91. The standard InChI is InChI=1S/C14H20Cl2O2/c1-4-14(5-2,18-3)13(17)8-10-6-7-11(15)9-12(10)16/h6-7,9,13,17H,4-5,8H2,1-3H3. The molecule has 18 heavy (non-hydrogen) atoms. The fraction of sp³-hybridized carbons (Fsp3) is 0.571. The molecular weight excluding hydrogens is 271 g/mol. The number of halogens is 2. The molecule has 0 amide bonds. The second-order valence-electron chi connectivity index (χ2n) is 4.43. The van der Waals surface area contributed by atoms with Gasteiger partial charge >= 0.3 is 0 Å². The average Bonchev–Trinajstić information content (AvgIpc) is 2.36. The second-order valence-corrected chi connectivity index (χ2v) is 5.28. The monoisotopic (exact) mass is 290 g/mol. The molecule has 0 fully saturated rings. The molecule has 0 aliphatic heterocycles. The van der Waals surface area contributed by atoms with Gasteiger partial charge in [-0.25, -0.2) is 0 Å². The Hall–Kier alpha value is -0.280. The third-order valence-corrected chi connectivity index (χ3v) is 4.23. The van der Waals surface area contributed by atoms with Crippen molar-refractivity contribution in [2.75, 3.05) is 7.11 Å². The lowest BCUT2D eigenvalue weighted by atomic mass is 9.86. The van der Waals surface area contributed by atoms with E-state index in [1.165, 1.54) is 0 Å². The van der Waals surface area contributed by atoms with Gasteiger partial charge in [0.05, 0.1) is 11.7 Å². The van der Waals surface area contributed by atoms with Crippen LogP contribution in [0.3, 0.4) is 0 Å². The van der Waals surface area contributed by atoms with Crippen LogP contribution >= 0.6 is 23.2 Å². The molecule has 1 aromatic carbocycles. The van der Waals surface area contributed by atoms with Crippen LogP contribution in [0.4, 0.5) is 0 Å². The van der Waals surface area contributed by atoms with Gasteiger partial charge in [-0.1, -0.05) is 43.1 Å². The third kappa shape index (κ3) is 3.39. The number of methoxy groups -OCH3 is 1. The zero-order chi connectivity index (χ0) is 13.8. The highest BCUT2D eigenvalue weighted by Gasteiger charge is 2.34. The van der Waals surface area contributed by atoms with Crippen molar-refractivity contribution in [1.29, 1.82) is 0 Å². The van der Waals surface area contributed by atoms with Crippen LogP contribution in [0.2, 0.25) is 10.0 Å². The molecule has 0 saturated carbocycles. The van der Waals surface area contributed by atoms with Gasteiger partial charge < -0.3 is 9.84 Å². The molecule has 1 aromatic rings.